The Kier molecular flexibility index (Phi) is 7.96. The zero-order valence-electron chi connectivity index (χ0n) is 17.7. The fourth-order valence-electron chi connectivity index (χ4n) is 2.96. The van der Waals surface area contributed by atoms with E-state index in [2.05, 4.69) is 24.5 Å². The van der Waals surface area contributed by atoms with Gasteiger partial charge in [-0.15, -0.1) is 0 Å². The lowest BCUT2D eigenvalue weighted by Gasteiger charge is -2.23. The summed E-state index contributed by atoms with van der Waals surface area (Å²) in [6, 6.07) is 16.2. The van der Waals surface area contributed by atoms with E-state index < -0.39 is 10.0 Å². The third kappa shape index (κ3) is 6.13. The highest BCUT2D eigenvalue weighted by molar-refractivity contribution is 7.89. The Labute approximate surface area is 174 Å². The normalized spacial score (nSPS) is 13.1. The molecule has 1 amide bonds. The number of carbonyl (C=O) groups is 1. The molecule has 0 aliphatic carbocycles. The predicted molar refractivity (Wildman–Crippen MR) is 117 cm³/mol. The molecule has 2 aromatic rings. The molecule has 0 saturated carbocycles. The summed E-state index contributed by atoms with van der Waals surface area (Å²) in [5.74, 6) is 0.147. The van der Waals surface area contributed by atoms with Crippen molar-refractivity contribution in [3.63, 3.8) is 0 Å². The lowest BCUT2D eigenvalue weighted by Crippen LogP contribution is -2.34. The van der Waals surface area contributed by atoms with Crippen LogP contribution in [0, 0.1) is 5.92 Å². The Morgan fingerprint density at radius 2 is 1.55 bits per heavy atom. The average molecular weight is 418 g/mol. The van der Waals surface area contributed by atoms with Gasteiger partial charge in [0.05, 0.1) is 11.4 Å². The minimum Gasteiger partial charge on any atom is -0.325 e. The molecule has 2 aromatic carbocycles. The smallest absolute Gasteiger partial charge is 0.243 e. The number of hydrogen-bond donors (Lipinski definition) is 2. The van der Waals surface area contributed by atoms with Gasteiger partial charge in [-0.2, -0.15) is 4.31 Å². The number of hydrogen-bond acceptors (Lipinski definition) is 4. The highest BCUT2D eigenvalue weighted by Crippen LogP contribution is 2.21. The monoisotopic (exact) mass is 417 g/mol. The van der Waals surface area contributed by atoms with Crippen molar-refractivity contribution in [1.29, 1.82) is 0 Å². The van der Waals surface area contributed by atoms with Crippen LogP contribution in [0.3, 0.4) is 0 Å². The first-order chi connectivity index (χ1) is 13.6. The fraction of sp³-hybridized carbons (Fsp3) is 0.409. The summed E-state index contributed by atoms with van der Waals surface area (Å²) in [5, 5.41) is 6.11. The van der Waals surface area contributed by atoms with Crippen molar-refractivity contribution in [1.82, 2.24) is 9.62 Å². The maximum Gasteiger partial charge on any atom is 0.243 e. The zero-order valence-corrected chi connectivity index (χ0v) is 18.5. The topological polar surface area (TPSA) is 78.5 Å². The molecule has 0 radical (unpaired) electrons. The van der Waals surface area contributed by atoms with Crippen LogP contribution in [-0.2, 0) is 14.8 Å². The van der Waals surface area contributed by atoms with Crippen LogP contribution in [0.4, 0.5) is 5.69 Å². The van der Waals surface area contributed by atoms with E-state index in [1.807, 2.05) is 44.2 Å². The third-order valence-corrected chi connectivity index (χ3v) is 6.90. The van der Waals surface area contributed by atoms with Crippen LogP contribution in [0.15, 0.2) is 59.5 Å². The molecule has 0 spiro atoms. The molecule has 1 atom stereocenters. The Hall–Kier alpha value is -2.22. The van der Waals surface area contributed by atoms with Crippen LogP contribution in [0.25, 0.3) is 0 Å². The largest absolute Gasteiger partial charge is 0.325 e. The molecule has 0 aliphatic heterocycles. The Bertz CT molecular complexity index is 895. The maximum atomic E-state index is 12.5. The number of benzene rings is 2. The van der Waals surface area contributed by atoms with E-state index in [1.54, 1.807) is 19.2 Å². The molecule has 29 heavy (non-hydrogen) atoms. The second-order valence-electron chi connectivity index (χ2n) is 7.70. The minimum absolute atomic E-state index is 0.0704. The standard InChI is InChI=1S/C22H31N3O3S/c1-16(2)22(18-9-7-6-8-10-18)23-15-21(26)24-19-11-13-20(14-12-19)29(27,28)25(5)17(3)4/h6-14,16-17,22-23H,15H2,1-5H3,(H,24,26)/t22-/m0/s1. The number of amides is 1. The molecule has 0 aliphatic rings. The summed E-state index contributed by atoms with van der Waals surface area (Å²) in [5.41, 5.74) is 1.70. The van der Waals surface area contributed by atoms with Crippen molar-refractivity contribution in [2.24, 2.45) is 5.92 Å². The van der Waals surface area contributed by atoms with Gasteiger partial charge in [0.2, 0.25) is 15.9 Å². The van der Waals surface area contributed by atoms with Crippen LogP contribution in [-0.4, -0.2) is 38.3 Å². The van der Waals surface area contributed by atoms with Gasteiger partial charge in [0, 0.05) is 24.8 Å². The third-order valence-electron chi connectivity index (χ3n) is 4.85. The van der Waals surface area contributed by atoms with Crippen LogP contribution in [0.2, 0.25) is 0 Å². The Morgan fingerprint density at radius 3 is 2.07 bits per heavy atom. The maximum absolute atomic E-state index is 12.5. The number of anilines is 1. The zero-order chi connectivity index (χ0) is 21.6. The minimum atomic E-state index is -3.54. The highest BCUT2D eigenvalue weighted by atomic mass is 32.2. The molecule has 0 bridgehead atoms. The number of carbonyl (C=O) groups excluding carboxylic acids is 1. The first kappa shape index (κ1) is 23.1. The average Bonchev–Trinajstić information content (AvgIpc) is 2.68. The van der Waals surface area contributed by atoms with Gasteiger partial charge in [0.1, 0.15) is 0 Å². The SMILES string of the molecule is CC(C)[C@H](NCC(=O)Nc1ccc(S(=O)(=O)N(C)C(C)C)cc1)c1ccccc1. The van der Waals surface area contributed by atoms with E-state index in [9.17, 15) is 13.2 Å². The Balaban J connectivity index is 1.99. The van der Waals surface area contributed by atoms with E-state index in [-0.39, 0.29) is 29.4 Å². The summed E-state index contributed by atoms with van der Waals surface area (Å²) in [4.78, 5) is 12.6. The van der Waals surface area contributed by atoms with Gasteiger partial charge in [-0.3, -0.25) is 4.79 Å². The van der Waals surface area contributed by atoms with Crippen LogP contribution in [0.5, 0.6) is 0 Å². The molecular weight excluding hydrogens is 386 g/mol. The predicted octanol–water partition coefficient (Wildman–Crippen LogP) is 3.64. The number of sulfonamides is 1. The molecule has 0 aromatic heterocycles. The van der Waals surface area contributed by atoms with Gasteiger partial charge in [-0.25, -0.2) is 8.42 Å². The van der Waals surface area contributed by atoms with Gasteiger partial charge in [-0.1, -0.05) is 44.2 Å². The molecule has 0 unspecified atom stereocenters. The lowest BCUT2D eigenvalue weighted by atomic mass is 9.96. The molecule has 2 N–H and O–H groups in total. The molecule has 0 fully saturated rings. The van der Waals surface area contributed by atoms with Crippen LogP contribution >= 0.6 is 0 Å². The lowest BCUT2D eigenvalue weighted by molar-refractivity contribution is -0.115. The van der Waals surface area contributed by atoms with E-state index >= 15 is 0 Å². The number of nitrogens with zero attached hydrogens (tertiary/aromatic N) is 1. The fourth-order valence-corrected chi connectivity index (χ4v) is 4.33. The van der Waals surface area contributed by atoms with Gasteiger partial charge >= 0.3 is 0 Å². The highest BCUT2D eigenvalue weighted by Gasteiger charge is 2.23. The number of nitrogens with one attached hydrogen (secondary N) is 2. The van der Waals surface area contributed by atoms with Crippen molar-refractivity contribution in [2.45, 2.75) is 44.7 Å². The molecule has 2 rings (SSSR count). The van der Waals surface area contributed by atoms with Crippen molar-refractivity contribution in [3.05, 3.63) is 60.2 Å². The molecule has 0 heterocycles. The first-order valence-corrected chi connectivity index (χ1v) is 11.2. The number of rotatable bonds is 9. The van der Waals surface area contributed by atoms with Gasteiger partial charge in [-0.05, 0) is 49.6 Å². The first-order valence-electron chi connectivity index (χ1n) is 9.79. The van der Waals surface area contributed by atoms with Crippen LogP contribution in [0.1, 0.15) is 39.3 Å². The summed E-state index contributed by atoms with van der Waals surface area (Å²) in [7, 11) is -1.98. The van der Waals surface area contributed by atoms with E-state index in [4.69, 9.17) is 0 Å². The quantitative estimate of drug-likeness (QED) is 0.653. The van der Waals surface area contributed by atoms with Gasteiger partial charge in [0.25, 0.3) is 0 Å². The van der Waals surface area contributed by atoms with Crippen molar-refractivity contribution in [2.75, 3.05) is 18.9 Å². The van der Waals surface area contributed by atoms with Crippen molar-refractivity contribution >= 4 is 21.6 Å². The molecule has 0 saturated heterocycles. The molecule has 7 heteroatoms. The summed E-state index contributed by atoms with van der Waals surface area (Å²) in [6.45, 7) is 8.01. The molecular formula is C22H31N3O3S. The summed E-state index contributed by atoms with van der Waals surface area (Å²) < 4.78 is 26.3. The van der Waals surface area contributed by atoms with Crippen LogP contribution < -0.4 is 10.6 Å². The van der Waals surface area contributed by atoms with Gasteiger partial charge in [0.15, 0.2) is 0 Å². The van der Waals surface area contributed by atoms with Crippen molar-refractivity contribution in [3.8, 4) is 0 Å². The summed E-state index contributed by atoms with van der Waals surface area (Å²) >= 11 is 0. The Morgan fingerprint density at radius 1 is 0.966 bits per heavy atom. The molecule has 6 nitrogen and oxygen atoms in total. The van der Waals surface area contributed by atoms with Crippen molar-refractivity contribution < 1.29 is 13.2 Å². The molecule has 158 valence electrons. The van der Waals surface area contributed by atoms with E-state index in [0.29, 0.717) is 11.6 Å². The summed E-state index contributed by atoms with van der Waals surface area (Å²) in [6.07, 6.45) is 0. The van der Waals surface area contributed by atoms with E-state index in [1.165, 1.54) is 16.4 Å². The van der Waals surface area contributed by atoms with E-state index in [0.717, 1.165) is 5.56 Å². The second-order valence-corrected chi connectivity index (χ2v) is 9.70. The van der Waals surface area contributed by atoms with Gasteiger partial charge < -0.3 is 10.6 Å². The second kappa shape index (κ2) is 10.0.